The molecule has 2 aromatic rings. The van der Waals surface area contributed by atoms with Gasteiger partial charge in [-0.05, 0) is 36.4 Å². The highest BCUT2D eigenvalue weighted by atomic mass is 35.5. The van der Waals surface area contributed by atoms with E-state index < -0.39 is 19.7 Å². The molecule has 2 rings (SSSR count). The molecule has 0 heterocycles. The highest BCUT2D eigenvalue weighted by molar-refractivity contribution is 7.91. The SMILES string of the molecule is CCS(=O)(=O)C[C@@H](C)COc1ccc(S(=O)(=O)c2ccc(OC[C@H](C)CCl)c(Cl)c2)cc1Cl. The third kappa shape index (κ3) is 7.92. The molecule has 0 bridgehead atoms. The van der Waals surface area contributed by atoms with E-state index in [0.29, 0.717) is 18.2 Å². The van der Waals surface area contributed by atoms with Crippen LogP contribution in [0.1, 0.15) is 20.8 Å². The van der Waals surface area contributed by atoms with Crippen molar-refractivity contribution in [2.45, 2.75) is 30.6 Å². The number of alkyl halides is 1. The second-order valence-electron chi connectivity index (χ2n) is 7.87. The molecule has 0 radical (unpaired) electrons. The number of benzene rings is 2. The van der Waals surface area contributed by atoms with Gasteiger partial charge in [0.15, 0.2) is 0 Å². The Kier molecular flexibility index (Phi) is 10.2. The molecule has 0 aliphatic heterocycles. The maximum Gasteiger partial charge on any atom is 0.206 e. The number of sulfone groups is 2. The van der Waals surface area contributed by atoms with E-state index in [2.05, 4.69) is 0 Å². The first-order chi connectivity index (χ1) is 15.4. The molecule has 2 aromatic carbocycles. The summed E-state index contributed by atoms with van der Waals surface area (Å²) in [4.78, 5) is -0.0321. The fourth-order valence-corrected chi connectivity index (χ4v) is 5.98. The summed E-state index contributed by atoms with van der Waals surface area (Å²) in [6.07, 6.45) is 0. The lowest BCUT2D eigenvalue weighted by atomic mass is 10.2. The van der Waals surface area contributed by atoms with Crippen LogP contribution in [-0.4, -0.2) is 47.4 Å². The third-order valence-corrected chi connectivity index (χ3v) is 9.54. The van der Waals surface area contributed by atoms with Crippen molar-refractivity contribution in [1.29, 1.82) is 0 Å². The Morgan fingerprint density at radius 1 is 0.818 bits per heavy atom. The minimum absolute atomic E-state index is 0.00115. The Labute approximate surface area is 211 Å². The highest BCUT2D eigenvalue weighted by Crippen LogP contribution is 2.33. The van der Waals surface area contributed by atoms with Gasteiger partial charge in [-0.3, -0.25) is 0 Å². The minimum atomic E-state index is -3.89. The van der Waals surface area contributed by atoms with Gasteiger partial charge in [0.2, 0.25) is 9.84 Å². The van der Waals surface area contributed by atoms with Crippen LogP contribution in [0.3, 0.4) is 0 Å². The third-order valence-electron chi connectivity index (χ3n) is 4.72. The van der Waals surface area contributed by atoms with Gasteiger partial charge in [0, 0.05) is 23.5 Å². The summed E-state index contributed by atoms with van der Waals surface area (Å²) in [5.41, 5.74) is 0. The fourth-order valence-electron chi connectivity index (χ4n) is 2.78. The molecule has 0 saturated carbocycles. The van der Waals surface area contributed by atoms with Crippen LogP contribution in [0.5, 0.6) is 11.5 Å². The van der Waals surface area contributed by atoms with Crippen LogP contribution in [0.25, 0.3) is 0 Å². The zero-order chi connectivity index (χ0) is 24.8. The number of ether oxygens (including phenoxy) is 2. The van der Waals surface area contributed by atoms with E-state index in [-0.39, 0.29) is 55.5 Å². The average Bonchev–Trinajstić information content (AvgIpc) is 2.76. The van der Waals surface area contributed by atoms with Crippen molar-refractivity contribution in [2.24, 2.45) is 11.8 Å². The molecule has 0 aliphatic rings. The van der Waals surface area contributed by atoms with Crippen LogP contribution in [0, 0.1) is 11.8 Å². The van der Waals surface area contributed by atoms with Crippen molar-refractivity contribution in [3.05, 3.63) is 46.4 Å². The molecule has 0 aliphatic carbocycles. The summed E-state index contributed by atoms with van der Waals surface area (Å²) in [5.74, 6) is 1.01. The quantitative estimate of drug-likeness (QED) is 0.319. The second kappa shape index (κ2) is 12.0. The number of halogens is 3. The van der Waals surface area contributed by atoms with E-state index in [4.69, 9.17) is 44.3 Å². The van der Waals surface area contributed by atoms with Crippen LogP contribution in [0.15, 0.2) is 46.2 Å². The first-order valence-electron chi connectivity index (χ1n) is 10.3. The van der Waals surface area contributed by atoms with E-state index in [0.717, 1.165) is 0 Å². The van der Waals surface area contributed by atoms with Crippen molar-refractivity contribution in [1.82, 2.24) is 0 Å². The van der Waals surface area contributed by atoms with Gasteiger partial charge in [-0.1, -0.05) is 44.0 Å². The molecule has 0 amide bonds. The largest absolute Gasteiger partial charge is 0.492 e. The van der Waals surface area contributed by atoms with E-state index in [1.54, 1.807) is 13.8 Å². The van der Waals surface area contributed by atoms with Gasteiger partial charge in [-0.15, -0.1) is 11.6 Å². The summed E-state index contributed by atoms with van der Waals surface area (Å²) >= 11 is 18.2. The summed E-state index contributed by atoms with van der Waals surface area (Å²) in [7, 11) is -7.02. The van der Waals surface area contributed by atoms with Crippen molar-refractivity contribution in [3.63, 3.8) is 0 Å². The van der Waals surface area contributed by atoms with Crippen LogP contribution in [-0.2, 0) is 19.7 Å². The Morgan fingerprint density at radius 2 is 1.27 bits per heavy atom. The smallest absolute Gasteiger partial charge is 0.206 e. The lowest BCUT2D eigenvalue weighted by Gasteiger charge is -2.15. The standard InChI is InChI=1S/C22H27Cl3O6S2/c1-4-32(26,27)14-16(3)13-31-22-8-6-18(10-20(22)25)33(28,29)17-5-7-21(19(24)9-17)30-12-15(2)11-23/h5-10,15-16H,4,11-14H2,1-3H3/t15-,16+/m1/s1. The topological polar surface area (TPSA) is 86.7 Å². The molecule has 0 fully saturated rings. The Bertz CT molecular complexity index is 1170. The van der Waals surface area contributed by atoms with E-state index >= 15 is 0 Å². The first kappa shape index (κ1) is 28.1. The lowest BCUT2D eigenvalue weighted by Crippen LogP contribution is -2.20. The van der Waals surface area contributed by atoms with Gasteiger partial charge in [-0.25, -0.2) is 16.8 Å². The van der Waals surface area contributed by atoms with Crippen molar-refractivity contribution in [3.8, 4) is 11.5 Å². The van der Waals surface area contributed by atoms with Gasteiger partial charge < -0.3 is 9.47 Å². The molecule has 33 heavy (non-hydrogen) atoms. The van der Waals surface area contributed by atoms with E-state index in [1.165, 1.54) is 36.4 Å². The average molecular weight is 558 g/mol. The normalized spacial score (nSPS) is 14.0. The molecule has 0 N–H and O–H groups in total. The zero-order valence-corrected chi connectivity index (χ0v) is 22.5. The second-order valence-corrected chi connectivity index (χ2v) is 13.3. The zero-order valence-electron chi connectivity index (χ0n) is 18.6. The van der Waals surface area contributed by atoms with Crippen LogP contribution in [0.2, 0.25) is 10.0 Å². The molecule has 0 unspecified atom stereocenters. The molecule has 184 valence electrons. The predicted molar refractivity (Wildman–Crippen MR) is 133 cm³/mol. The highest BCUT2D eigenvalue weighted by Gasteiger charge is 2.21. The van der Waals surface area contributed by atoms with Crippen LogP contribution >= 0.6 is 34.8 Å². The van der Waals surface area contributed by atoms with Gasteiger partial charge in [0.25, 0.3) is 0 Å². The summed E-state index contributed by atoms with van der Waals surface area (Å²) in [5, 5.41) is 0.266. The number of hydrogen-bond acceptors (Lipinski definition) is 6. The molecule has 6 nitrogen and oxygen atoms in total. The fraction of sp³-hybridized carbons (Fsp3) is 0.455. The molecular weight excluding hydrogens is 531 g/mol. The maximum atomic E-state index is 13.0. The van der Waals surface area contributed by atoms with Gasteiger partial charge in [0.1, 0.15) is 21.3 Å². The first-order valence-corrected chi connectivity index (χ1v) is 14.8. The Morgan fingerprint density at radius 3 is 1.67 bits per heavy atom. The molecule has 0 spiro atoms. The van der Waals surface area contributed by atoms with Crippen molar-refractivity contribution >= 4 is 54.5 Å². The van der Waals surface area contributed by atoms with Crippen LogP contribution < -0.4 is 9.47 Å². The Hall–Kier alpha value is -1.19. The number of hydrogen-bond donors (Lipinski definition) is 0. The van der Waals surface area contributed by atoms with Gasteiger partial charge >= 0.3 is 0 Å². The van der Waals surface area contributed by atoms with E-state index in [1.807, 2.05) is 6.92 Å². The summed E-state index contributed by atoms with van der Waals surface area (Å²) < 4.78 is 60.8. The summed E-state index contributed by atoms with van der Waals surface area (Å²) in [6.45, 7) is 5.76. The number of rotatable bonds is 12. The van der Waals surface area contributed by atoms with Crippen molar-refractivity contribution < 1.29 is 26.3 Å². The molecule has 11 heteroatoms. The van der Waals surface area contributed by atoms with E-state index in [9.17, 15) is 16.8 Å². The van der Waals surface area contributed by atoms with Crippen LogP contribution in [0.4, 0.5) is 0 Å². The molecule has 0 saturated heterocycles. The van der Waals surface area contributed by atoms with Gasteiger partial charge in [-0.2, -0.15) is 0 Å². The molecule has 0 aromatic heterocycles. The Balaban J connectivity index is 2.15. The predicted octanol–water partition coefficient (Wildman–Crippen LogP) is 5.53. The maximum absolute atomic E-state index is 13.0. The molecular formula is C22H27Cl3O6S2. The molecule has 2 atom stereocenters. The van der Waals surface area contributed by atoms with Crippen molar-refractivity contribution in [2.75, 3.05) is 30.6 Å². The summed E-state index contributed by atoms with van der Waals surface area (Å²) in [6, 6.07) is 8.36. The lowest BCUT2D eigenvalue weighted by molar-refractivity contribution is 0.272. The monoisotopic (exact) mass is 556 g/mol. The van der Waals surface area contributed by atoms with Gasteiger partial charge in [0.05, 0.1) is 38.8 Å². The minimum Gasteiger partial charge on any atom is -0.492 e.